The van der Waals surface area contributed by atoms with Crippen LogP contribution in [0, 0.1) is 11.8 Å². The van der Waals surface area contributed by atoms with E-state index in [0.29, 0.717) is 12.3 Å². The van der Waals surface area contributed by atoms with Gasteiger partial charge in [-0.1, -0.05) is 34.6 Å². The predicted molar refractivity (Wildman–Crippen MR) is 68.6 cm³/mol. The maximum Gasteiger partial charge on any atom is 0.138 e. The average molecular weight is 239 g/mol. The number of aromatic nitrogens is 3. The maximum atomic E-state index is 10.5. The summed E-state index contributed by atoms with van der Waals surface area (Å²) in [5.74, 6) is 1.64. The van der Waals surface area contributed by atoms with Gasteiger partial charge in [-0.25, -0.2) is 9.67 Å². The second kappa shape index (κ2) is 5.63. The molecule has 1 N–H and O–H groups in total. The summed E-state index contributed by atoms with van der Waals surface area (Å²) in [6.45, 7) is 11.3. The summed E-state index contributed by atoms with van der Waals surface area (Å²) in [5, 5.41) is 14.8. The molecule has 0 saturated heterocycles. The molecule has 0 aliphatic heterocycles. The first-order chi connectivity index (χ1) is 7.89. The average Bonchev–Trinajstić information content (AvgIpc) is 2.64. The molecule has 0 radical (unpaired) electrons. The van der Waals surface area contributed by atoms with Gasteiger partial charge in [-0.3, -0.25) is 0 Å². The van der Waals surface area contributed by atoms with E-state index < -0.39 is 5.60 Å². The lowest BCUT2D eigenvalue weighted by Gasteiger charge is -2.30. The molecule has 1 aromatic heterocycles. The van der Waals surface area contributed by atoms with Crippen molar-refractivity contribution in [2.75, 3.05) is 0 Å². The molecular weight excluding hydrogens is 214 g/mol. The Labute approximate surface area is 104 Å². The van der Waals surface area contributed by atoms with Gasteiger partial charge in [0.2, 0.25) is 0 Å². The fourth-order valence-corrected chi connectivity index (χ4v) is 1.93. The molecular formula is C13H25N3O. The summed E-state index contributed by atoms with van der Waals surface area (Å²) in [5.41, 5.74) is -0.679. The zero-order valence-corrected chi connectivity index (χ0v) is 11.6. The Balaban J connectivity index is 2.83. The molecule has 0 amide bonds. The molecule has 98 valence electrons. The lowest BCUT2D eigenvalue weighted by molar-refractivity contribution is -0.0110. The van der Waals surface area contributed by atoms with Gasteiger partial charge in [-0.2, -0.15) is 5.10 Å². The molecule has 1 heterocycles. The standard InChI is InChI=1S/C13H25N3O/c1-6-13(17,11(4)5)7-12-14-9-15-16(12)8-10(2)3/h9-11,17H,6-8H2,1-5H3. The Morgan fingerprint density at radius 1 is 1.35 bits per heavy atom. The zero-order chi connectivity index (χ0) is 13.1. The van der Waals surface area contributed by atoms with Crippen LogP contribution in [-0.2, 0) is 13.0 Å². The normalized spacial score (nSPS) is 15.5. The van der Waals surface area contributed by atoms with Crippen molar-refractivity contribution >= 4 is 0 Å². The van der Waals surface area contributed by atoms with Gasteiger partial charge in [0.05, 0.1) is 5.60 Å². The van der Waals surface area contributed by atoms with Crippen LogP contribution in [-0.4, -0.2) is 25.5 Å². The second-order valence-electron chi connectivity index (χ2n) is 5.54. The van der Waals surface area contributed by atoms with Crippen LogP contribution in [0.15, 0.2) is 6.33 Å². The van der Waals surface area contributed by atoms with Crippen LogP contribution in [0.3, 0.4) is 0 Å². The smallest absolute Gasteiger partial charge is 0.138 e. The van der Waals surface area contributed by atoms with Gasteiger partial charge in [-0.05, 0) is 18.3 Å². The van der Waals surface area contributed by atoms with Crippen molar-refractivity contribution in [3.63, 3.8) is 0 Å². The van der Waals surface area contributed by atoms with Gasteiger partial charge in [0.25, 0.3) is 0 Å². The highest BCUT2D eigenvalue weighted by molar-refractivity contribution is 4.95. The van der Waals surface area contributed by atoms with E-state index in [9.17, 15) is 5.11 Å². The molecule has 4 heteroatoms. The fraction of sp³-hybridized carbons (Fsp3) is 0.846. The number of rotatable bonds is 6. The number of nitrogens with zero attached hydrogens (tertiary/aromatic N) is 3. The highest BCUT2D eigenvalue weighted by Gasteiger charge is 2.31. The van der Waals surface area contributed by atoms with E-state index in [-0.39, 0.29) is 5.92 Å². The van der Waals surface area contributed by atoms with Gasteiger partial charge < -0.3 is 5.11 Å². The molecule has 0 bridgehead atoms. The molecule has 17 heavy (non-hydrogen) atoms. The molecule has 0 spiro atoms. The Morgan fingerprint density at radius 2 is 2.00 bits per heavy atom. The Hall–Kier alpha value is -0.900. The van der Waals surface area contributed by atoms with E-state index in [0.717, 1.165) is 18.8 Å². The number of hydrogen-bond acceptors (Lipinski definition) is 3. The molecule has 0 aromatic carbocycles. The van der Waals surface area contributed by atoms with Gasteiger partial charge in [0.1, 0.15) is 12.2 Å². The summed E-state index contributed by atoms with van der Waals surface area (Å²) in [6, 6.07) is 0. The SMILES string of the molecule is CCC(O)(Cc1ncnn1CC(C)C)C(C)C. The predicted octanol–water partition coefficient (Wildman–Crippen LogP) is 2.27. The van der Waals surface area contributed by atoms with Gasteiger partial charge in [0.15, 0.2) is 0 Å². The van der Waals surface area contributed by atoms with Crippen molar-refractivity contribution in [1.29, 1.82) is 0 Å². The van der Waals surface area contributed by atoms with Crippen LogP contribution in [0.5, 0.6) is 0 Å². The lowest BCUT2D eigenvalue weighted by atomic mass is 9.84. The van der Waals surface area contributed by atoms with Crippen molar-refractivity contribution < 1.29 is 5.11 Å². The second-order valence-corrected chi connectivity index (χ2v) is 5.54. The monoisotopic (exact) mass is 239 g/mol. The maximum absolute atomic E-state index is 10.5. The molecule has 4 nitrogen and oxygen atoms in total. The Bertz CT molecular complexity index is 346. The van der Waals surface area contributed by atoms with E-state index in [1.54, 1.807) is 6.33 Å². The van der Waals surface area contributed by atoms with E-state index in [2.05, 4.69) is 23.9 Å². The Kier molecular flexibility index (Phi) is 4.69. The first-order valence-corrected chi connectivity index (χ1v) is 6.48. The summed E-state index contributed by atoms with van der Waals surface area (Å²) in [4.78, 5) is 4.28. The summed E-state index contributed by atoms with van der Waals surface area (Å²) < 4.78 is 1.91. The molecule has 0 saturated carbocycles. The highest BCUT2D eigenvalue weighted by atomic mass is 16.3. The third-order valence-corrected chi connectivity index (χ3v) is 3.38. The summed E-state index contributed by atoms with van der Waals surface area (Å²) in [6.07, 6.45) is 2.89. The Morgan fingerprint density at radius 3 is 2.47 bits per heavy atom. The molecule has 1 rings (SSSR count). The van der Waals surface area contributed by atoms with Gasteiger partial charge in [-0.15, -0.1) is 0 Å². The van der Waals surface area contributed by atoms with E-state index in [4.69, 9.17) is 0 Å². The number of aliphatic hydroxyl groups is 1. The zero-order valence-electron chi connectivity index (χ0n) is 11.6. The number of hydrogen-bond donors (Lipinski definition) is 1. The quantitative estimate of drug-likeness (QED) is 0.828. The van der Waals surface area contributed by atoms with Gasteiger partial charge >= 0.3 is 0 Å². The summed E-state index contributed by atoms with van der Waals surface area (Å²) >= 11 is 0. The lowest BCUT2D eigenvalue weighted by Crippen LogP contribution is -2.37. The largest absolute Gasteiger partial charge is 0.389 e. The molecule has 1 atom stereocenters. The third kappa shape index (κ3) is 3.53. The third-order valence-electron chi connectivity index (χ3n) is 3.38. The molecule has 0 aliphatic carbocycles. The van der Waals surface area contributed by atoms with E-state index in [1.165, 1.54) is 0 Å². The molecule has 1 unspecified atom stereocenters. The fourth-order valence-electron chi connectivity index (χ4n) is 1.93. The first kappa shape index (κ1) is 14.2. The minimum Gasteiger partial charge on any atom is -0.389 e. The van der Waals surface area contributed by atoms with Crippen molar-refractivity contribution in [2.45, 2.75) is 59.6 Å². The van der Waals surface area contributed by atoms with Crippen molar-refractivity contribution in [2.24, 2.45) is 11.8 Å². The first-order valence-electron chi connectivity index (χ1n) is 6.48. The molecule has 1 aromatic rings. The van der Waals surface area contributed by atoms with Crippen LogP contribution in [0.1, 0.15) is 46.9 Å². The molecule has 0 aliphatic rings. The van der Waals surface area contributed by atoms with E-state index >= 15 is 0 Å². The van der Waals surface area contributed by atoms with Crippen LogP contribution < -0.4 is 0 Å². The van der Waals surface area contributed by atoms with Crippen molar-refractivity contribution in [1.82, 2.24) is 14.8 Å². The minimum atomic E-state index is -0.679. The minimum absolute atomic E-state index is 0.219. The topological polar surface area (TPSA) is 50.9 Å². The summed E-state index contributed by atoms with van der Waals surface area (Å²) in [7, 11) is 0. The van der Waals surface area contributed by atoms with Crippen LogP contribution in [0.25, 0.3) is 0 Å². The van der Waals surface area contributed by atoms with Crippen LogP contribution in [0.4, 0.5) is 0 Å². The van der Waals surface area contributed by atoms with Crippen molar-refractivity contribution in [3.05, 3.63) is 12.2 Å². The van der Waals surface area contributed by atoms with E-state index in [1.807, 2.05) is 25.5 Å². The van der Waals surface area contributed by atoms with Crippen LogP contribution >= 0.6 is 0 Å². The van der Waals surface area contributed by atoms with Crippen molar-refractivity contribution in [3.8, 4) is 0 Å². The molecule has 0 fully saturated rings. The highest BCUT2D eigenvalue weighted by Crippen LogP contribution is 2.25. The van der Waals surface area contributed by atoms with Gasteiger partial charge in [0, 0.05) is 13.0 Å². The van der Waals surface area contributed by atoms with Crippen LogP contribution in [0.2, 0.25) is 0 Å².